The smallest absolute Gasteiger partial charge is 0.335 e. The van der Waals surface area contributed by atoms with Crippen molar-refractivity contribution >= 4 is 11.5 Å². The molecule has 3 nitrogen and oxygen atoms in total. The second kappa shape index (κ2) is 2.67. The van der Waals surface area contributed by atoms with E-state index in [0.29, 0.717) is 5.57 Å². The van der Waals surface area contributed by atoms with Gasteiger partial charge in [0.15, 0.2) is 0 Å². The van der Waals surface area contributed by atoms with E-state index >= 15 is 0 Å². The molecular weight excluding hydrogens is 190 g/mol. The number of carbonyl (C=O) groups is 1. The maximum absolute atomic E-state index is 10.8. The van der Waals surface area contributed by atoms with Crippen LogP contribution in [0.4, 0.5) is 0 Å². The van der Waals surface area contributed by atoms with E-state index in [-0.39, 0.29) is 0 Å². The van der Waals surface area contributed by atoms with Crippen molar-refractivity contribution in [3.05, 3.63) is 58.3 Å². The van der Waals surface area contributed by atoms with E-state index in [1.54, 1.807) is 12.2 Å². The fourth-order valence-corrected chi connectivity index (χ4v) is 1.86. The van der Waals surface area contributed by atoms with Crippen molar-refractivity contribution in [1.29, 1.82) is 0 Å². The van der Waals surface area contributed by atoms with Crippen LogP contribution in [0.15, 0.2) is 52.7 Å². The zero-order chi connectivity index (χ0) is 10.4. The van der Waals surface area contributed by atoms with Gasteiger partial charge in [0.2, 0.25) is 0 Å². The van der Waals surface area contributed by atoms with E-state index < -0.39 is 5.97 Å². The zero-order valence-corrected chi connectivity index (χ0v) is 7.77. The van der Waals surface area contributed by atoms with Crippen LogP contribution in [0.5, 0.6) is 0 Å². The number of nitrogens with zero attached hydrogens (tertiary/aromatic N) is 1. The van der Waals surface area contributed by atoms with Crippen LogP contribution >= 0.6 is 0 Å². The summed E-state index contributed by atoms with van der Waals surface area (Å²) in [5.74, 6) is -0.905. The highest BCUT2D eigenvalue weighted by molar-refractivity contribution is 5.98. The Kier molecular flexibility index (Phi) is 1.45. The van der Waals surface area contributed by atoms with E-state index in [1.165, 1.54) is 0 Å². The summed E-state index contributed by atoms with van der Waals surface area (Å²) in [5, 5.41) is 10.8. The van der Waals surface area contributed by atoms with Gasteiger partial charge in [-0.05, 0) is 18.2 Å². The van der Waals surface area contributed by atoms with Gasteiger partial charge < -0.3 is 5.11 Å². The number of fused-ring (bicyclic) bond motifs is 2. The molecule has 0 radical (unpaired) electrons. The third-order valence-corrected chi connectivity index (χ3v) is 2.55. The van der Waals surface area contributed by atoms with Gasteiger partial charge in [-0.3, -0.25) is 0 Å². The number of hydrogen-bond donors (Lipinski definition) is 1. The van der Waals surface area contributed by atoms with Crippen LogP contribution in [0.25, 0.3) is 5.57 Å². The van der Waals surface area contributed by atoms with Crippen LogP contribution in [0, 0.1) is 0 Å². The summed E-state index contributed by atoms with van der Waals surface area (Å²) in [6, 6.07) is 7.73. The maximum Gasteiger partial charge on any atom is 0.335 e. The minimum atomic E-state index is -0.905. The van der Waals surface area contributed by atoms with Gasteiger partial charge in [-0.2, -0.15) is 0 Å². The van der Waals surface area contributed by atoms with Crippen molar-refractivity contribution in [2.75, 3.05) is 0 Å². The molecule has 1 aliphatic heterocycles. The minimum Gasteiger partial charge on any atom is -0.478 e. The summed E-state index contributed by atoms with van der Waals surface area (Å²) in [6.45, 7) is 0. The van der Waals surface area contributed by atoms with E-state index in [9.17, 15) is 4.79 Å². The van der Waals surface area contributed by atoms with Gasteiger partial charge in [0.25, 0.3) is 0 Å². The second-order valence-corrected chi connectivity index (χ2v) is 3.48. The number of para-hydroxylation sites is 1. The molecule has 2 aliphatic rings. The van der Waals surface area contributed by atoms with E-state index in [2.05, 4.69) is 4.99 Å². The molecule has 1 aromatic rings. The molecule has 0 spiro atoms. The SMILES string of the molecule is O=C(O)C1=CC2=c3ccccc3=NC2=C1. The van der Waals surface area contributed by atoms with Crippen molar-refractivity contribution in [3.63, 3.8) is 0 Å². The summed E-state index contributed by atoms with van der Waals surface area (Å²) in [4.78, 5) is 15.1. The van der Waals surface area contributed by atoms with E-state index in [4.69, 9.17) is 5.11 Å². The summed E-state index contributed by atoms with van der Waals surface area (Å²) < 4.78 is 0. The van der Waals surface area contributed by atoms with E-state index in [0.717, 1.165) is 21.8 Å². The molecule has 3 rings (SSSR count). The molecule has 72 valence electrons. The van der Waals surface area contributed by atoms with Crippen LogP contribution in [0.1, 0.15) is 0 Å². The Hall–Kier alpha value is -2.16. The average molecular weight is 197 g/mol. The lowest BCUT2D eigenvalue weighted by molar-refractivity contribution is -0.132. The fourth-order valence-electron chi connectivity index (χ4n) is 1.86. The van der Waals surface area contributed by atoms with Gasteiger partial charge in [-0.25, -0.2) is 9.79 Å². The van der Waals surface area contributed by atoms with Gasteiger partial charge in [-0.15, -0.1) is 0 Å². The molecule has 0 atom stereocenters. The molecule has 3 heteroatoms. The first-order valence-electron chi connectivity index (χ1n) is 4.61. The second-order valence-electron chi connectivity index (χ2n) is 3.48. The van der Waals surface area contributed by atoms with Gasteiger partial charge >= 0.3 is 5.97 Å². The predicted molar refractivity (Wildman–Crippen MR) is 54.4 cm³/mol. The molecule has 0 saturated heterocycles. The lowest BCUT2D eigenvalue weighted by Gasteiger charge is -1.87. The maximum atomic E-state index is 10.8. The first-order chi connectivity index (χ1) is 7.25. The third kappa shape index (κ3) is 1.06. The topological polar surface area (TPSA) is 49.7 Å². The number of hydrogen-bond acceptors (Lipinski definition) is 2. The normalized spacial score (nSPS) is 16.4. The molecular formula is C12H7NO2. The third-order valence-electron chi connectivity index (χ3n) is 2.55. The lowest BCUT2D eigenvalue weighted by atomic mass is 10.2. The molecule has 1 N–H and O–H groups in total. The fraction of sp³-hybridized carbons (Fsp3) is 0. The van der Waals surface area contributed by atoms with Crippen LogP contribution in [-0.4, -0.2) is 11.1 Å². The molecule has 0 unspecified atom stereocenters. The number of carboxylic acid groups (broad SMARTS) is 1. The minimum absolute atomic E-state index is 0.304. The van der Waals surface area contributed by atoms with Crippen LogP contribution in [0.3, 0.4) is 0 Å². The number of aliphatic carboxylic acids is 1. The predicted octanol–water partition coefficient (Wildman–Crippen LogP) is 0.379. The molecule has 1 aromatic carbocycles. The van der Waals surface area contributed by atoms with Crippen LogP contribution < -0.4 is 10.6 Å². The number of allylic oxidation sites excluding steroid dienone is 1. The number of rotatable bonds is 1. The molecule has 0 bridgehead atoms. The highest BCUT2D eigenvalue weighted by atomic mass is 16.4. The van der Waals surface area contributed by atoms with Gasteiger partial charge in [-0.1, -0.05) is 18.2 Å². The molecule has 0 saturated carbocycles. The zero-order valence-electron chi connectivity index (χ0n) is 7.77. The van der Waals surface area contributed by atoms with E-state index in [1.807, 2.05) is 24.3 Å². The molecule has 0 amide bonds. The summed E-state index contributed by atoms with van der Waals surface area (Å²) in [7, 11) is 0. The number of carboxylic acids is 1. The Morgan fingerprint density at radius 1 is 1.20 bits per heavy atom. The van der Waals surface area contributed by atoms with Gasteiger partial charge in [0.05, 0.1) is 16.6 Å². The van der Waals surface area contributed by atoms with Gasteiger partial charge in [0, 0.05) is 10.8 Å². The Balaban J connectivity index is 2.34. The number of benzene rings is 1. The first-order valence-corrected chi connectivity index (χ1v) is 4.61. The quantitative estimate of drug-likeness (QED) is 0.707. The van der Waals surface area contributed by atoms with Crippen LogP contribution in [-0.2, 0) is 4.79 Å². The Morgan fingerprint density at radius 2 is 2.00 bits per heavy atom. The van der Waals surface area contributed by atoms with Crippen molar-refractivity contribution in [2.45, 2.75) is 0 Å². The lowest BCUT2D eigenvalue weighted by Crippen LogP contribution is -2.21. The standard InChI is InChI=1S/C12H7NO2/c14-12(15)7-5-9-8-3-1-2-4-10(8)13-11(9)6-7/h1-6H,(H,14,15). The summed E-state index contributed by atoms with van der Waals surface area (Å²) in [5.41, 5.74) is 1.98. The monoisotopic (exact) mass is 197 g/mol. The average Bonchev–Trinajstić information content (AvgIpc) is 2.73. The van der Waals surface area contributed by atoms with Crippen molar-refractivity contribution in [3.8, 4) is 0 Å². The molecule has 15 heavy (non-hydrogen) atoms. The Labute approximate surface area is 85.4 Å². The van der Waals surface area contributed by atoms with Crippen molar-refractivity contribution < 1.29 is 9.90 Å². The molecule has 1 aliphatic carbocycles. The Bertz CT molecular complexity index is 650. The summed E-state index contributed by atoms with van der Waals surface area (Å²) in [6.07, 6.45) is 3.28. The molecule has 1 heterocycles. The molecule has 0 aromatic heterocycles. The van der Waals surface area contributed by atoms with Crippen molar-refractivity contribution in [1.82, 2.24) is 0 Å². The van der Waals surface area contributed by atoms with Crippen LogP contribution in [0.2, 0.25) is 0 Å². The first kappa shape index (κ1) is 8.17. The molecule has 0 fully saturated rings. The summed E-state index contributed by atoms with van der Waals surface area (Å²) >= 11 is 0. The highest BCUT2D eigenvalue weighted by Gasteiger charge is 2.20. The largest absolute Gasteiger partial charge is 0.478 e. The Morgan fingerprint density at radius 3 is 2.80 bits per heavy atom. The van der Waals surface area contributed by atoms with Gasteiger partial charge in [0.1, 0.15) is 0 Å². The van der Waals surface area contributed by atoms with Crippen molar-refractivity contribution in [2.24, 2.45) is 4.99 Å². The highest BCUT2D eigenvalue weighted by Crippen LogP contribution is 2.25.